The molecule has 1 aromatic heterocycles. The minimum Gasteiger partial charge on any atom is -0.505 e. The van der Waals surface area contributed by atoms with Crippen LogP contribution in [0.5, 0.6) is 5.75 Å². The number of fused-ring (bicyclic) bond motifs is 1. The Morgan fingerprint density at radius 1 is 1.14 bits per heavy atom. The van der Waals surface area contributed by atoms with Crippen LogP contribution >= 0.6 is 11.6 Å². The van der Waals surface area contributed by atoms with Crippen molar-refractivity contribution in [2.24, 2.45) is 5.92 Å². The molecule has 0 saturated heterocycles. The van der Waals surface area contributed by atoms with E-state index in [-0.39, 0.29) is 28.8 Å². The lowest BCUT2D eigenvalue weighted by atomic mass is 9.88. The molecule has 7 heteroatoms. The Kier molecular flexibility index (Phi) is 5.66. The third-order valence-electron chi connectivity index (χ3n) is 4.98. The summed E-state index contributed by atoms with van der Waals surface area (Å²) in [5.74, 6) is -4.06. The van der Waals surface area contributed by atoms with Gasteiger partial charge in [-0.05, 0) is 61.2 Å². The zero-order valence-electron chi connectivity index (χ0n) is 16.2. The normalized spacial score (nSPS) is 12.5. The first-order valence-corrected chi connectivity index (χ1v) is 9.56. The van der Waals surface area contributed by atoms with E-state index in [2.05, 4.69) is 0 Å². The largest absolute Gasteiger partial charge is 0.505 e. The summed E-state index contributed by atoms with van der Waals surface area (Å²) in [4.78, 5) is 25.2. The Balaban J connectivity index is 2.34. The van der Waals surface area contributed by atoms with Gasteiger partial charge in [-0.1, -0.05) is 25.4 Å². The maximum Gasteiger partial charge on any atom is 0.311 e. The van der Waals surface area contributed by atoms with Gasteiger partial charge in [0, 0.05) is 21.7 Å². The molecule has 5 nitrogen and oxygen atoms in total. The van der Waals surface area contributed by atoms with Gasteiger partial charge in [0.25, 0.3) is 5.91 Å². The van der Waals surface area contributed by atoms with Crippen molar-refractivity contribution in [3.63, 3.8) is 0 Å². The molecule has 3 rings (SSSR count). The van der Waals surface area contributed by atoms with E-state index < -0.39 is 29.4 Å². The van der Waals surface area contributed by atoms with Crippen molar-refractivity contribution in [2.75, 3.05) is 0 Å². The van der Waals surface area contributed by atoms with Gasteiger partial charge in [-0.2, -0.15) is 0 Å². The van der Waals surface area contributed by atoms with Gasteiger partial charge >= 0.3 is 5.97 Å². The third kappa shape index (κ3) is 3.72. The van der Waals surface area contributed by atoms with Crippen molar-refractivity contribution in [3.8, 4) is 5.75 Å². The molecular formula is C22H21ClFNO4. The first-order chi connectivity index (χ1) is 13.6. The minimum absolute atomic E-state index is 0.0289. The molecule has 0 saturated carbocycles. The second kappa shape index (κ2) is 7.87. The fraction of sp³-hybridized carbons (Fsp3) is 0.273. The number of hydrogen-bond donors (Lipinski definition) is 2. The van der Waals surface area contributed by atoms with Crippen molar-refractivity contribution in [3.05, 3.63) is 64.1 Å². The monoisotopic (exact) mass is 417 g/mol. The molecule has 29 heavy (non-hydrogen) atoms. The molecule has 0 bridgehead atoms. The Hall–Kier alpha value is -2.86. The molecule has 0 spiro atoms. The lowest BCUT2D eigenvalue weighted by Crippen LogP contribution is -2.17. The van der Waals surface area contributed by atoms with E-state index in [0.29, 0.717) is 16.3 Å². The number of rotatable bonds is 5. The SMILES string of the molecule is Cc1c(C(CC(C)C)C(=O)O)c2c(F)c(O)ccc2n1C(=O)c1ccc(Cl)cc1. The standard InChI is InChI=1S/C22H21ClFNO4/c1-11(2)10-15(22(28)29)18-12(3)25(16-8-9-17(26)20(24)19(16)18)21(27)13-4-6-14(23)7-5-13/h4-9,11,15,26H,10H2,1-3H3,(H,28,29). The second-order valence-electron chi connectivity index (χ2n) is 7.46. The van der Waals surface area contributed by atoms with Gasteiger partial charge in [-0.15, -0.1) is 0 Å². The number of carbonyl (C=O) groups excluding carboxylic acids is 1. The van der Waals surface area contributed by atoms with E-state index in [1.807, 2.05) is 13.8 Å². The highest BCUT2D eigenvalue weighted by atomic mass is 35.5. The number of aromatic hydroxyl groups is 1. The number of phenolic OH excluding ortho intramolecular Hbond substituents is 1. The van der Waals surface area contributed by atoms with Crippen LogP contribution in [0.3, 0.4) is 0 Å². The average Bonchev–Trinajstić information content (AvgIpc) is 2.95. The van der Waals surface area contributed by atoms with Crippen LogP contribution in [0.25, 0.3) is 10.9 Å². The molecular weight excluding hydrogens is 397 g/mol. The first-order valence-electron chi connectivity index (χ1n) is 9.18. The molecule has 0 aliphatic rings. The predicted octanol–water partition coefficient (Wildman–Crippen LogP) is 5.35. The van der Waals surface area contributed by atoms with E-state index in [1.165, 1.54) is 10.6 Å². The molecule has 2 N–H and O–H groups in total. The summed E-state index contributed by atoms with van der Waals surface area (Å²) in [6.45, 7) is 5.34. The fourth-order valence-corrected chi connectivity index (χ4v) is 3.83. The number of halogens is 2. The minimum atomic E-state index is -1.11. The van der Waals surface area contributed by atoms with Crippen molar-refractivity contribution < 1.29 is 24.2 Å². The number of aromatic nitrogens is 1. The molecule has 1 heterocycles. The summed E-state index contributed by atoms with van der Waals surface area (Å²) >= 11 is 5.90. The van der Waals surface area contributed by atoms with E-state index in [9.17, 15) is 24.2 Å². The number of carboxylic acids is 1. The van der Waals surface area contributed by atoms with E-state index in [4.69, 9.17) is 11.6 Å². The van der Waals surface area contributed by atoms with Crippen LogP contribution in [0.2, 0.25) is 5.02 Å². The molecule has 1 atom stereocenters. The van der Waals surface area contributed by atoms with Crippen molar-refractivity contribution in [1.29, 1.82) is 0 Å². The highest BCUT2D eigenvalue weighted by Crippen LogP contribution is 2.39. The maximum atomic E-state index is 14.9. The van der Waals surface area contributed by atoms with Gasteiger partial charge in [0.1, 0.15) is 0 Å². The number of nitrogens with zero attached hydrogens (tertiary/aromatic N) is 1. The van der Waals surface area contributed by atoms with Crippen molar-refractivity contribution in [2.45, 2.75) is 33.1 Å². The number of hydrogen-bond acceptors (Lipinski definition) is 3. The molecule has 0 aliphatic heterocycles. The molecule has 1 unspecified atom stereocenters. The molecule has 0 aliphatic carbocycles. The van der Waals surface area contributed by atoms with E-state index in [1.54, 1.807) is 31.2 Å². The third-order valence-corrected chi connectivity index (χ3v) is 5.23. The van der Waals surface area contributed by atoms with Crippen LogP contribution in [0.15, 0.2) is 36.4 Å². The van der Waals surface area contributed by atoms with Gasteiger partial charge < -0.3 is 10.2 Å². The molecule has 2 aromatic carbocycles. The molecule has 152 valence electrons. The summed E-state index contributed by atoms with van der Waals surface area (Å²) in [5, 5.41) is 20.1. The first kappa shape index (κ1) is 20.9. The Bertz CT molecular complexity index is 1100. The number of carbonyl (C=O) groups is 2. The smallest absolute Gasteiger partial charge is 0.311 e. The van der Waals surface area contributed by atoms with Gasteiger partial charge in [0.05, 0.1) is 11.4 Å². The number of aliphatic carboxylic acids is 1. The Morgan fingerprint density at radius 2 is 1.76 bits per heavy atom. The zero-order chi connectivity index (χ0) is 21.5. The average molecular weight is 418 g/mol. The van der Waals surface area contributed by atoms with Gasteiger partial charge in [-0.3, -0.25) is 14.2 Å². The quantitative estimate of drug-likeness (QED) is 0.586. The lowest BCUT2D eigenvalue weighted by molar-refractivity contribution is -0.139. The van der Waals surface area contributed by atoms with Crippen molar-refractivity contribution >= 4 is 34.4 Å². The van der Waals surface area contributed by atoms with Gasteiger partial charge in [0.2, 0.25) is 0 Å². The summed E-state index contributed by atoms with van der Waals surface area (Å²) in [5.41, 5.74) is 1.07. The van der Waals surface area contributed by atoms with Crippen LogP contribution in [0, 0.1) is 18.7 Å². The van der Waals surface area contributed by atoms with Gasteiger partial charge in [-0.25, -0.2) is 4.39 Å². The summed E-state index contributed by atoms with van der Waals surface area (Å²) in [6.07, 6.45) is 0.263. The van der Waals surface area contributed by atoms with Crippen LogP contribution in [0.1, 0.15) is 47.8 Å². The maximum absolute atomic E-state index is 14.9. The highest BCUT2D eigenvalue weighted by molar-refractivity contribution is 6.30. The summed E-state index contributed by atoms with van der Waals surface area (Å²) < 4.78 is 16.2. The topological polar surface area (TPSA) is 79.5 Å². The summed E-state index contributed by atoms with van der Waals surface area (Å²) in [7, 11) is 0. The highest BCUT2D eigenvalue weighted by Gasteiger charge is 2.32. The van der Waals surface area contributed by atoms with Crippen LogP contribution in [-0.4, -0.2) is 26.7 Å². The lowest BCUT2D eigenvalue weighted by Gasteiger charge is -2.16. The predicted molar refractivity (Wildman–Crippen MR) is 109 cm³/mol. The molecule has 0 radical (unpaired) electrons. The van der Waals surface area contributed by atoms with Crippen LogP contribution in [0.4, 0.5) is 4.39 Å². The van der Waals surface area contributed by atoms with Gasteiger partial charge in [0.15, 0.2) is 11.6 Å². The van der Waals surface area contributed by atoms with Crippen LogP contribution < -0.4 is 0 Å². The molecule has 0 fully saturated rings. The molecule has 3 aromatic rings. The molecule has 0 amide bonds. The number of carboxylic acid groups (broad SMARTS) is 1. The Labute approximate surface area is 172 Å². The fourth-order valence-electron chi connectivity index (χ4n) is 3.70. The number of phenols is 1. The van der Waals surface area contributed by atoms with E-state index in [0.717, 1.165) is 6.07 Å². The Morgan fingerprint density at radius 3 is 2.31 bits per heavy atom. The van der Waals surface area contributed by atoms with E-state index >= 15 is 0 Å². The number of benzene rings is 2. The second-order valence-corrected chi connectivity index (χ2v) is 7.90. The summed E-state index contributed by atoms with van der Waals surface area (Å²) in [6, 6.07) is 8.82. The van der Waals surface area contributed by atoms with Crippen LogP contribution in [-0.2, 0) is 4.79 Å². The van der Waals surface area contributed by atoms with Crippen molar-refractivity contribution in [1.82, 2.24) is 4.57 Å². The zero-order valence-corrected chi connectivity index (χ0v) is 17.0.